The van der Waals surface area contributed by atoms with E-state index in [4.69, 9.17) is 21.0 Å². The van der Waals surface area contributed by atoms with Crippen molar-refractivity contribution >= 4 is 0 Å². The Balaban J connectivity index is 1.75. The maximum atomic E-state index is 12.2. The van der Waals surface area contributed by atoms with Gasteiger partial charge in [0.05, 0.1) is 24.3 Å². The highest BCUT2D eigenvalue weighted by atomic mass is 16.3. The minimum absolute atomic E-state index is 0.0435. The third kappa shape index (κ3) is 20.2. The molecular formula is C72H100N4O12. The van der Waals surface area contributed by atoms with Crippen LogP contribution < -0.4 is 0 Å². The van der Waals surface area contributed by atoms with Gasteiger partial charge < -0.3 is 61.3 Å². The van der Waals surface area contributed by atoms with E-state index in [9.17, 15) is 61.3 Å². The Kier molecular flexibility index (Phi) is 31.3. The fourth-order valence-corrected chi connectivity index (χ4v) is 13.3. The van der Waals surface area contributed by atoms with Crippen molar-refractivity contribution in [2.24, 2.45) is 0 Å². The Morgan fingerprint density at radius 2 is 0.318 bits per heavy atom. The molecule has 0 saturated heterocycles. The Morgan fingerprint density at radius 3 is 0.455 bits per heavy atom. The molecule has 88 heavy (non-hydrogen) atoms. The second kappa shape index (κ2) is 38.7. The molecule has 16 nitrogen and oxygen atoms in total. The zero-order chi connectivity index (χ0) is 63.8. The van der Waals surface area contributed by atoms with Gasteiger partial charge >= 0.3 is 0 Å². The van der Waals surface area contributed by atoms with E-state index in [1.807, 2.05) is 0 Å². The highest BCUT2D eigenvalue weighted by Crippen LogP contribution is 2.59. The van der Waals surface area contributed by atoms with Crippen LogP contribution in [0.25, 0.3) is 0 Å². The van der Waals surface area contributed by atoms with Gasteiger partial charge in [-0.2, -0.15) is 21.0 Å². The molecule has 4 aromatic rings. The van der Waals surface area contributed by atoms with Crippen LogP contribution in [0.2, 0.25) is 0 Å². The van der Waals surface area contributed by atoms with E-state index in [2.05, 4.69) is 24.3 Å². The van der Waals surface area contributed by atoms with Gasteiger partial charge in [-0.3, -0.25) is 0 Å². The van der Waals surface area contributed by atoms with Crippen LogP contribution in [0, 0.1) is 45.3 Å². The molecule has 480 valence electrons. The van der Waals surface area contributed by atoms with Crippen molar-refractivity contribution in [2.75, 3.05) is 0 Å². The summed E-state index contributed by atoms with van der Waals surface area (Å²) in [6, 6.07) is 14.8. The number of benzene rings is 4. The predicted octanol–water partition coefficient (Wildman–Crippen LogP) is 18.7. The first-order valence-electron chi connectivity index (χ1n) is 33.2. The molecule has 1 aliphatic carbocycles. The van der Waals surface area contributed by atoms with Gasteiger partial charge in [-0.15, -0.1) is 0 Å². The molecule has 0 saturated carbocycles. The van der Waals surface area contributed by atoms with E-state index >= 15 is 0 Å². The maximum absolute atomic E-state index is 12.2. The summed E-state index contributed by atoms with van der Waals surface area (Å²) in [5.74, 6) is -13.5. The molecule has 1 aliphatic rings. The molecule has 0 fully saturated rings. The van der Waals surface area contributed by atoms with Crippen LogP contribution in [-0.4, -0.2) is 61.3 Å². The zero-order valence-electron chi connectivity index (χ0n) is 52.1. The molecule has 0 heterocycles. The van der Waals surface area contributed by atoms with Gasteiger partial charge in [0.15, 0.2) is 46.0 Å². The second-order valence-corrected chi connectivity index (χ2v) is 24.7. The molecule has 12 N–H and O–H groups in total. The third-order valence-electron chi connectivity index (χ3n) is 18.4. The summed E-state index contributed by atoms with van der Waals surface area (Å²) in [4.78, 5) is 0. The van der Waals surface area contributed by atoms with Crippen LogP contribution in [0.1, 0.15) is 325 Å². The molecule has 0 aromatic heterocycles. The van der Waals surface area contributed by atoms with Crippen LogP contribution in [0.4, 0.5) is 0 Å². The summed E-state index contributed by atoms with van der Waals surface area (Å²) < 4.78 is 0. The smallest absolute Gasteiger partial charge is 0.200 e. The first-order chi connectivity index (χ1) is 42.7. The van der Waals surface area contributed by atoms with Crippen LogP contribution in [-0.2, 0) is 0 Å². The summed E-state index contributed by atoms with van der Waals surface area (Å²) >= 11 is 0. The molecule has 4 aromatic carbocycles. The van der Waals surface area contributed by atoms with Crippen molar-refractivity contribution in [1.29, 1.82) is 21.0 Å². The molecule has 5 rings (SSSR count). The van der Waals surface area contributed by atoms with Gasteiger partial charge in [0.25, 0.3) is 0 Å². The first-order valence-corrected chi connectivity index (χ1v) is 33.2. The van der Waals surface area contributed by atoms with Crippen LogP contribution >= 0.6 is 0 Å². The van der Waals surface area contributed by atoms with Gasteiger partial charge in [0.2, 0.25) is 23.0 Å². The summed E-state index contributed by atoms with van der Waals surface area (Å²) in [7, 11) is 0. The normalized spacial score (nSPS) is 15.3. The second-order valence-electron chi connectivity index (χ2n) is 24.7. The Hall–Kier alpha value is -7.56. The Labute approximate surface area is 522 Å². The minimum atomic E-state index is -1.06. The molecule has 0 radical (unpaired) electrons. The van der Waals surface area contributed by atoms with E-state index < -0.39 is 92.7 Å². The average molecular weight is 1210 g/mol. The van der Waals surface area contributed by atoms with Crippen molar-refractivity contribution in [3.63, 3.8) is 0 Å². The number of nitrogens with zero attached hydrogens (tertiary/aromatic N) is 4. The molecule has 0 aliphatic heterocycles. The van der Waals surface area contributed by atoms with Crippen molar-refractivity contribution < 1.29 is 61.3 Å². The molecule has 16 heteroatoms. The number of rotatable bonds is 40. The summed E-state index contributed by atoms with van der Waals surface area (Å²) in [6.07, 6.45) is 29.6. The average Bonchev–Trinajstić information content (AvgIpc) is 1.67. The monoisotopic (exact) mass is 1210 g/mol. The number of hydrogen-bond acceptors (Lipinski definition) is 16. The van der Waals surface area contributed by atoms with Crippen molar-refractivity contribution in [1.82, 2.24) is 0 Å². The summed E-state index contributed by atoms with van der Waals surface area (Å²) in [5, 5.41) is 181. The van der Waals surface area contributed by atoms with Crippen molar-refractivity contribution in [3.8, 4) is 93.3 Å². The number of hydrogen-bond donors (Lipinski definition) is 12. The number of unbranched alkanes of at least 4 members (excludes halogenated alkanes) is 32. The molecule has 8 bridgehead atoms. The largest absolute Gasteiger partial charge is 0.504 e. The SMILES string of the molecule is N#CCCCCCCCCCCC1c2cc(c(O)c(O)c2O)C(CCCCCCCCCCC#N)c2cc(c(O)c(O)c2O)C(CCCCCCCCCCC#N)c2cc(c(O)c(O)c2O)C(CCCCCCCCCCC#N)c2cc1c(O)c(O)c2O. The molecule has 0 atom stereocenters. The first kappa shape index (κ1) is 71.2. The quantitative estimate of drug-likeness (QED) is 0.0145. The van der Waals surface area contributed by atoms with Crippen LogP contribution in [0.15, 0.2) is 24.3 Å². The van der Waals surface area contributed by atoms with E-state index in [1.54, 1.807) is 0 Å². The number of nitriles is 4. The molecule has 0 spiro atoms. The third-order valence-corrected chi connectivity index (χ3v) is 18.4. The summed E-state index contributed by atoms with van der Waals surface area (Å²) in [6.45, 7) is 0. The molecule has 0 amide bonds. The number of aromatic hydroxyl groups is 12. The van der Waals surface area contributed by atoms with E-state index in [1.165, 1.54) is 24.3 Å². The number of phenols is 12. The minimum Gasteiger partial charge on any atom is -0.504 e. The lowest BCUT2D eigenvalue weighted by Gasteiger charge is -2.30. The predicted molar refractivity (Wildman–Crippen MR) is 340 cm³/mol. The Bertz CT molecular complexity index is 2480. The maximum Gasteiger partial charge on any atom is 0.200 e. The fourth-order valence-electron chi connectivity index (χ4n) is 13.3. The number of fused-ring (bicyclic) bond motifs is 8. The summed E-state index contributed by atoms with van der Waals surface area (Å²) in [5.41, 5.74) is 0.348. The van der Waals surface area contributed by atoms with Gasteiger partial charge in [0, 0.05) is 93.9 Å². The zero-order valence-corrected chi connectivity index (χ0v) is 52.1. The number of phenolic OH excluding ortho intramolecular Hbond substituents is 12. The van der Waals surface area contributed by atoms with Crippen molar-refractivity contribution in [3.05, 3.63) is 68.8 Å². The highest BCUT2D eigenvalue weighted by Gasteiger charge is 2.37. The fraction of sp³-hybridized carbons (Fsp3) is 0.611. The molecular weight excluding hydrogens is 1110 g/mol. The Morgan fingerprint density at radius 1 is 0.193 bits per heavy atom. The van der Waals surface area contributed by atoms with Gasteiger partial charge in [-0.1, -0.05) is 180 Å². The molecule has 0 unspecified atom stereocenters. The lowest BCUT2D eigenvalue weighted by Crippen LogP contribution is -2.12. The van der Waals surface area contributed by atoms with Crippen LogP contribution in [0.3, 0.4) is 0 Å². The van der Waals surface area contributed by atoms with Gasteiger partial charge in [-0.25, -0.2) is 0 Å². The van der Waals surface area contributed by atoms with Crippen LogP contribution in [0.5, 0.6) is 69.0 Å². The van der Waals surface area contributed by atoms with E-state index in [0.29, 0.717) is 77.0 Å². The van der Waals surface area contributed by atoms with Gasteiger partial charge in [-0.05, 0) is 75.6 Å². The topological polar surface area (TPSA) is 338 Å². The van der Waals surface area contributed by atoms with Gasteiger partial charge in [0.1, 0.15) is 0 Å². The lowest BCUT2D eigenvalue weighted by molar-refractivity contribution is 0.347. The van der Waals surface area contributed by atoms with E-state index in [-0.39, 0.29) is 70.2 Å². The van der Waals surface area contributed by atoms with E-state index in [0.717, 1.165) is 154 Å². The van der Waals surface area contributed by atoms with Crippen molar-refractivity contribution in [2.45, 2.75) is 281 Å². The highest BCUT2D eigenvalue weighted by molar-refractivity contribution is 5.70. The lowest BCUT2D eigenvalue weighted by atomic mass is 9.76. The standard InChI is InChI=1S/C72H100N4O12/c73-41-33-25-17-9-1-5-13-21-29-37-49-53-45-55(63(79)69(85)61(53)77)50(38-30-22-14-6-2-10-18-26-34-42-74)57-47-59(67(83)71(87)65(57)81)52(40-32-24-16-8-4-12-20-28-36-44-76)60-48-58(66(82)72(88)68(60)84)51(56-46-54(49)62(78)70(86)64(56)80)39-31-23-15-7-3-11-19-27-35-43-75/h45-52,77-88H,1-40H2.